The number of rotatable bonds is 6. The molecule has 1 amide bonds. The molecule has 0 bridgehead atoms. The number of ether oxygens (including phenoxy) is 3. The quantitative estimate of drug-likeness (QED) is 0.621. The molecule has 0 saturated carbocycles. The molecule has 0 saturated heterocycles. The Morgan fingerprint density at radius 2 is 1.88 bits per heavy atom. The zero-order chi connectivity index (χ0) is 18.5. The van der Waals surface area contributed by atoms with E-state index in [9.17, 15) is 4.79 Å². The first-order valence-corrected chi connectivity index (χ1v) is 9.23. The third-order valence-corrected chi connectivity index (χ3v) is 5.56. The van der Waals surface area contributed by atoms with Crippen LogP contribution < -0.4 is 19.6 Å². The van der Waals surface area contributed by atoms with Gasteiger partial charge in [-0.15, -0.1) is 11.3 Å². The summed E-state index contributed by atoms with van der Waals surface area (Å²) in [6.45, 7) is 0. The van der Waals surface area contributed by atoms with Crippen LogP contribution in [0.2, 0.25) is 0 Å². The maximum absolute atomic E-state index is 12.3. The summed E-state index contributed by atoms with van der Waals surface area (Å²) in [5.74, 6) is 1.35. The number of nitrogens with one attached hydrogen (secondary N) is 1. The van der Waals surface area contributed by atoms with E-state index in [4.69, 9.17) is 14.2 Å². The van der Waals surface area contributed by atoms with Crippen molar-refractivity contribution >= 4 is 23.5 Å². The van der Waals surface area contributed by atoms with Gasteiger partial charge in [0.05, 0.1) is 32.4 Å². The van der Waals surface area contributed by atoms with Crippen molar-refractivity contribution < 1.29 is 19.0 Å². The first-order valence-electron chi connectivity index (χ1n) is 8.42. The van der Waals surface area contributed by atoms with Crippen LogP contribution in [0.1, 0.15) is 38.5 Å². The molecular weight excluding hydrogens is 352 g/mol. The predicted molar refractivity (Wildman–Crippen MR) is 102 cm³/mol. The fraction of sp³-hybridized carbons (Fsp3) is 0.368. The van der Waals surface area contributed by atoms with Gasteiger partial charge < -0.3 is 14.2 Å². The number of hydrogen-bond acceptors (Lipinski definition) is 6. The summed E-state index contributed by atoms with van der Waals surface area (Å²) in [5.41, 5.74) is 4.57. The fourth-order valence-corrected chi connectivity index (χ4v) is 4.19. The molecule has 0 spiro atoms. The van der Waals surface area contributed by atoms with Gasteiger partial charge in [0.1, 0.15) is 0 Å². The second-order valence-electron chi connectivity index (χ2n) is 5.89. The van der Waals surface area contributed by atoms with E-state index < -0.39 is 0 Å². The van der Waals surface area contributed by atoms with Crippen molar-refractivity contribution in [2.24, 2.45) is 5.10 Å². The Morgan fingerprint density at radius 3 is 2.58 bits per heavy atom. The predicted octanol–water partition coefficient (Wildman–Crippen LogP) is 3.42. The van der Waals surface area contributed by atoms with Crippen molar-refractivity contribution in [2.45, 2.75) is 25.7 Å². The monoisotopic (exact) mass is 374 g/mol. The molecule has 26 heavy (non-hydrogen) atoms. The van der Waals surface area contributed by atoms with Crippen molar-refractivity contribution in [3.8, 4) is 17.2 Å². The van der Waals surface area contributed by atoms with E-state index >= 15 is 0 Å². The van der Waals surface area contributed by atoms with Gasteiger partial charge in [0.15, 0.2) is 11.5 Å². The highest BCUT2D eigenvalue weighted by Gasteiger charge is 2.17. The van der Waals surface area contributed by atoms with Crippen molar-refractivity contribution in [2.75, 3.05) is 21.3 Å². The SMILES string of the molecule is COc1ccc(C=NNC(=O)c2cc3c(s2)CCCC3)c(OC)c1OC. The third kappa shape index (κ3) is 3.67. The van der Waals surface area contributed by atoms with Gasteiger partial charge in [-0.3, -0.25) is 4.79 Å². The zero-order valence-electron chi connectivity index (χ0n) is 15.1. The second-order valence-corrected chi connectivity index (χ2v) is 7.03. The van der Waals surface area contributed by atoms with Crippen LogP contribution in [-0.2, 0) is 12.8 Å². The van der Waals surface area contributed by atoms with Gasteiger partial charge >= 0.3 is 0 Å². The normalized spacial score (nSPS) is 13.3. The molecule has 0 radical (unpaired) electrons. The Kier molecular flexibility index (Phi) is 5.78. The Balaban J connectivity index is 1.74. The van der Waals surface area contributed by atoms with Crippen LogP contribution in [0.5, 0.6) is 17.2 Å². The van der Waals surface area contributed by atoms with Gasteiger partial charge in [0.25, 0.3) is 5.91 Å². The number of methoxy groups -OCH3 is 3. The number of nitrogens with zero attached hydrogens (tertiary/aromatic N) is 1. The number of thiophene rings is 1. The van der Waals surface area contributed by atoms with Crippen LogP contribution in [0.25, 0.3) is 0 Å². The molecule has 6 nitrogen and oxygen atoms in total. The minimum absolute atomic E-state index is 0.194. The molecule has 7 heteroatoms. The summed E-state index contributed by atoms with van der Waals surface area (Å²) in [6.07, 6.45) is 6.06. The highest BCUT2D eigenvalue weighted by molar-refractivity contribution is 7.14. The van der Waals surface area contributed by atoms with Crippen LogP contribution in [-0.4, -0.2) is 33.5 Å². The maximum Gasteiger partial charge on any atom is 0.281 e. The summed E-state index contributed by atoms with van der Waals surface area (Å²) >= 11 is 1.56. The Bertz CT molecular complexity index is 806. The van der Waals surface area contributed by atoms with E-state index in [-0.39, 0.29) is 5.91 Å². The van der Waals surface area contributed by atoms with Crippen molar-refractivity contribution in [3.05, 3.63) is 39.1 Å². The molecule has 138 valence electrons. The van der Waals surface area contributed by atoms with Crippen LogP contribution in [0, 0.1) is 0 Å². The van der Waals surface area contributed by atoms with E-state index in [1.165, 1.54) is 29.5 Å². The standard InChI is InChI=1S/C19H22N2O4S/c1-23-14-9-8-13(17(24-2)18(14)25-3)11-20-21-19(22)16-10-12-6-4-5-7-15(12)26-16/h8-11H,4-7H2,1-3H3,(H,21,22). The van der Waals surface area contributed by atoms with Crippen LogP contribution in [0.15, 0.2) is 23.3 Å². The topological polar surface area (TPSA) is 69.2 Å². The molecular formula is C19H22N2O4S. The molecule has 1 aliphatic carbocycles. The molecule has 0 fully saturated rings. The molecule has 2 aromatic rings. The summed E-state index contributed by atoms with van der Waals surface area (Å²) in [7, 11) is 4.65. The minimum atomic E-state index is -0.194. The summed E-state index contributed by atoms with van der Waals surface area (Å²) < 4.78 is 16.0. The molecule has 0 aliphatic heterocycles. The number of carbonyl (C=O) groups is 1. The van der Waals surface area contributed by atoms with E-state index in [0.29, 0.717) is 27.7 Å². The Morgan fingerprint density at radius 1 is 1.12 bits per heavy atom. The van der Waals surface area contributed by atoms with E-state index in [1.54, 1.807) is 44.8 Å². The summed E-state index contributed by atoms with van der Waals surface area (Å²) in [6, 6.07) is 5.54. The van der Waals surface area contributed by atoms with Crippen LogP contribution in [0.4, 0.5) is 0 Å². The molecule has 1 aromatic carbocycles. The lowest BCUT2D eigenvalue weighted by atomic mass is 9.99. The van der Waals surface area contributed by atoms with E-state index in [2.05, 4.69) is 10.5 Å². The van der Waals surface area contributed by atoms with Gasteiger partial charge in [0, 0.05) is 10.4 Å². The molecule has 1 aromatic heterocycles. The highest BCUT2D eigenvalue weighted by Crippen LogP contribution is 2.39. The molecule has 0 atom stereocenters. The van der Waals surface area contributed by atoms with Crippen molar-refractivity contribution in [1.29, 1.82) is 0 Å². The van der Waals surface area contributed by atoms with Crippen LogP contribution in [0.3, 0.4) is 0 Å². The highest BCUT2D eigenvalue weighted by atomic mass is 32.1. The van der Waals surface area contributed by atoms with Crippen molar-refractivity contribution in [3.63, 3.8) is 0 Å². The smallest absolute Gasteiger partial charge is 0.281 e. The largest absolute Gasteiger partial charge is 0.493 e. The van der Waals surface area contributed by atoms with Crippen LogP contribution >= 0.6 is 11.3 Å². The lowest BCUT2D eigenvalue weighted by molar-refractivity contribution is 0.0959. The summed E-state index contributed by atoms with van der Waals surface area (Å²) in [4.78, 5) is 14.4. The average molecular weight is 374 g/mol. The second kappa shape index (κ2) is 8.23. The number of aryl methyl sites for hydroxylation is 2. The van der Waals surface area contributed by atoms with Crippen molar-refractivity contribution in [1.82, 2.24) is 5.43 Å². The number of carbonyl (C=O) groups excluding carboxylic acids is 1. The summed E-state index contributed by atoms with van der Waals surface area (Å²) in [5, 5.41) is 4.07. The van der Waals surface area contributed by atoms with Gasteiger partial charge in [-0.05, 0) is 49.4 Å². The number of hydrogen-bond donors (Lipinski definition) is 1. The fourth-order valence-electron chi connectivity index (χ4n) is 3.04. The average Bonchev–Trinajstić information content (AvgIpc) is 3.11. The first-order chi connectivity index (χ1) is 12.7. The van der Waals surface area contributed by atoms with E-state index in [0.717, 1.165) is 12.8 Å². The zero-order valence-corrected chi connectivity index (χ0v) is 15.9. The Labute approximate surface area is 156 Å². The first kappa shape index (κ1) is 18.3. The van der Waals surface area contributed by atoms with Gasteiger partial charge in [-0.1, -0.05) is 0 Å². The third-order valence-electron chi connectivity index (χ3n) is 4.32. The number of benzene rings is 1. The number of amides is 1. The van der Waals surface area contributed by atoms with Gasteiger partial charge in [-0.25, -0.2) is 5.43 Å². The number of hydrazone groups is 1. The molecule has 1 heterocycles. The molecule has 0 unspecified atom stereocenters. The molecule has 3 rings (SSSR count). The van der Waals surface area contributed by atoms with Gasteiger partial charge in [0.2, 0.25) is 5.75 Å². The van der Waals surface area contributed by atoms with Gasteiger partial charge in [-0.2, -0.15) is 5.10 Å². The molecule has 1 N–H and O–H groups in total. The maximum atomic E-state index is 12.3. The lowest BCUT2D eigenvalue weighted by Gasteiger charge is -2.13. The number of fused-ring (bicyclic) bond motifs is 1. The lowest BCUT2D eigenvalue weighted by Crippen LogP contribution is -2.16. The van der Waals surface area contributed by atoms with E-state index in [1.807, 2.05) is 6.07 Å². The Hall–Kier alpha value is -2.54. The minimum Gasteiger partial charge on any atom is -0.493 e. The molecule has 1 aliphatic rings.